The van der Waals surface area contributed by atoms with Gasteiger partial charge in [-0.15, -0.1) is 11.8 Å². The monoisotopic (exact) mass is 373 g/mol. The Kier molecular flexibility index (Phi) is 7.85. The van der Waals surface area contributed by atoms with Crippen LogP contribution in [0.1, 0.15) is 36.1 Å². The normalized spacial score (nSPS) is 11.7. The third-order valence-corrected chi connectivity index (χ3v) is 5.29. The summed E-state index contributed by atoms with van der Waals surface area (Å²) in [6, 6.07) is 14.0. The molecule has 0 spiro atoms. The predicted molar refractivity (Wildman–Crippen MR) is 108 cm³/mol. The molecular weight excluding hydrogens is 346 g/mol. The Morgan fingerprint density at radius 3 is 2.50 bits per heavy atom. The minimum absolute atomic E-state index is 0.0404. The van der Waals surface area contributed by atoms with Crippen LogP contribution in [0.5, 0.6) is 11.5 Å². The van der Waals surface area contributed by atoms with Crippen molar-refractivity contribution in [2.24, 2.45) is 0 Å². The quantitative estimate of drug-likeness (QED) is 0.702. The first-order chi connectivity index (χ1) is 12.6. The molecule has 0 aliphatic heterocycles. The topological polar surface area (TPSA) is 47.6 Å². The Balaban J connectivity index is 1.92. The second kappa shape index (κ2) is 10.1. The zero-order chi connectivity index (χ0) is 18.9. The van der Waals surface area contributed by atoms with E-state index in [9.17, 15) is 4.79 Å². The lowest BCUT2D eigenvalue weighted by atomic mass is 10.0. The van der Waals surface area contributed by atoms with Crippen molar-refractivity contribution in [3.8, 4) is 11.5 Å². The van der Waals surface area contributed by atoms with Gasteiger partial charge in [0.25, 0.3) is 0 Å². The van der Waals surface area contributed by atoms with Crippen molar-refractivity contribution in [2.45, 2.75) is 32.1 Å². The number of hydrogen-bond donors (Lipinski definition) is 1. The van der Waals surface area contributed by atoms with Crippen LogP contribution in [-0.2, 0) is 10.5 Å². The van der Waals surface area contributed by atoms with Gasteiger partial charge in [0.2, 0.25) is 5.91 Å². The smallest absolute Gasteiger partial charge is 0.230 e. The molecule has 2 aromatic rings. The molecule has 1 atom stereocenters. The van der Waals surface area contributed by atoms with E-state index in [1.54, 1.807) is 26.0 Å². The molecule has 0 fully saturated rings. The first kappa shape index (κ1) is 20.2. The minimum Gasteiger partial charge on any atom is -0.493 e. The van der Waals surface area contributed by atoms with Crippen molar-refractivity contribution in [1.82, 2.24) is 5.32 Å². The van der Waals surface area contributed by atoms with E-state index >= 15 is 0 Å². The van der Waals surface area contributed by atoms with Crippen LogP contribution >= 0.6 is 11.8 Å². The van der Waals surface area contributed by atoms with Gasteiger partial charge in [0.15, 0.2) is 11.5 Å². The number of methoxy groups -OCH3 is 2. The van der Waals surface area contributed by atoms with E-state index in [-0.39, 0.29) is 11.9 Å². The highest BCUT2D eigenvalue weighted by Gasteiger charge is 2.15. The lowest BCUT2D eigenvalue weighted by molar-refractivity contribution is -0.119. The van der Waals surface area contributed by atoms with Gasteiger partial charge in [-0.05, 0) is 42.2 Å². The molecule has 1 amide bonds. The number of thioether (sulfide) groups is 1. The number of benzene rings is 2. The van der Waals surface area contributed by atoms with Gasteiger partial charge in [-0.25, -0.2) is 0 Å². The molecule has 5 heteroatoms. The number of aryl methyl sites for hydroxylation is 1. The summed E-state index contributed by atoms with van der Waals surface area (Å²) in [5, 5.41) is 3.12. The van der Waals surface area contributed by atoms with E-state index in [0.717, 1.165) is 17.7 Å². The van der Waals surface area contributed by atoms with Gasteiger partial charge in [-0.3, -0.25) is 4.79 Å². The second-order valence-electron chi connectivity index (χ2n) is 6.06. The van der Waals surface area contributed by atoms with Crippen LogP contribution in [0.25, 0.3) is 0 Å². The summed E-state index contributed by atoms with van der Waals surface area (Å²) in [6.07, 6.45) is 0.809. The van der Waals surface area contributed by atoms with Gasteiger partial charge < -0.3 is 14.8 Å². The third kappa shape index (κ3) is 5.43. The summed E-state index contributed by atoms with van der Waals surface area (Å²) in [7, 11) is 3.23. The Morgan fingerprint density at radius 2 is 1.85 bits per heavy atom. The molecule has 0 heterocycles. The van der Waals surface area contributed by atoms with E-state index in [4.69, 9.17) is 9.47 Å². The highest BCUT2D eigenvalue weighted by molar-refractivity contribution is 7.99. The molecule has 26 heavy (non-hydrogen) atoms. The van der Waals surface area contributed by atoms with Gasteiger partial charge in [0, 0.05) is 5.75 Å². The molecule has 1 N–H and O–H groups in total. The number of ether oxygens (including phenoxy) is 2. The van der Waals surface area contributed by atoms with Crippen LogP contribution in [0.2, 0.25) is 0 Å². The Bertz CT molecular complexity index is 733. The molecule has 1 unspecified atom stereocenters. The lowest BCUT2D eigenvalue weighted by Gasteiger charge is -2.19. The molecule has 0 saturated carbocycles. The highest BCUT2D eigenvalue weighted by Crippen LogP contribution is 2.31. The highest BCUT2D eigenvalue weighted by atomic mass is 32.2. The zero-order valence-corrected chi connectivity index (χ0v) is 16.7. The van der Waals surface area contributed by atoms with E-state index in [2.05, 4.69) is 31.3 Å². The standard InChI is InChI=1S/C21H27NO3S/c1-5-18(16-10-11-19(24-3)20(12-16)25-4)22-21(23)14-26-13-17-9-7-6-8-15(17)2/h6-12,18H,5,13-14H2,1-4H3,(H,22,23). The van der Waals surface area contributed by atoms with Crippen LogP contribution in [0.3, 0.4) is 0 Å². The van der Waals surface area contributed by atoms with Gasteiger partial charge >= 0.3 is 0 Å². The fourth-order valence-electron chi connectivity index (χ4n) is 2.75. The maximum Gasteiger partial charge on any atom is 0.230 e. The molecule has 0 aromatic heterocycles. The Morgan fingerprint density at radius 1 is 1.12 bits per heavy atom. The zero-order valence-electron chi connectivity index (χ0n) is 15.9. The van der Waals surface area contributed by atoms with E-state index < -0.39 is 0 Å². The van der Waals surface area contributed by atoms with Crippen LogP contribution in [0.4, 0.5) is 0 Å². The molecule has 0 bridgehead atoms. The summed E-state index contributed by atoms with van der Waals surface area (Å²) in [5.74, 6) is 2.69. The average molecular weight is 374 g/mol. The molecular formula is C21H27NO3S. The fraction of sp³-hybridized carbons (Fsp3) is 0.381. The van der Waals surface area contributed by atoms with Crippen molar-refractivity contribution < 1.29 is 14.3 Å². The molecule has 0 aliphatic rings. The van der Waals surface area contributed by atoms with Crippen molar-refractivity contribution in [1.29, 1.82) is 0 Å². The van der Waals surface area contributed by atoms with E-state index in [1.807, 2.05) is 30.3 Å². The number of carbonyl (C=O) groups is 1. The number of rotatable bonds is 9. The molecule has 0 aliphatic carbocycles. The van der Waals surface area contributed by atoms with Gasteiger partial charge in [-0.2, -0.15) is 0 Å². The molecule has 4 nitrogen and oxygen atoms in total. The Labute approximate surface area is 160 Å². The Hall–Kier alpha value is -2.14. The van der Waals surface area contributed by atoms with E-state index in [1.165, 1.54) is 11.1 Å². The van der Waals surface area contributed by atoms with Gasteiger partial charge in [0.1, 0.15) is 0 Å². The molecule has 0 saturated heterocycles. The minimum atomic E-state index is -0.0404. The SMILES string of the molecule is CCC(NC(=O)CSCc1ccccc1C)c1ccc(OC)c(OC)c1. The summed E-state index contributed by atoms with van der Waals surface area (Å²) >= 11 is 1.63. The second-order valence-corrected chi connectivity index (χ2v) is 7.05. The molecule has 0 radical (unpaired) electrons. The summed E-state index contributed by atoms with van der Waals surface area (Å²) < 4.78 is 10.6. The summed E-state index contributed by atoms with van der Waals surface area (Å²) in [6.45, 7) is 4.16. The summed E-state index contributed by atoms with van der Waals surface area (Å²) in [4.78, 5) is 12.4. The lowest BCUT2D eigenvalue weighted by Crippen LogP contribution is -2.29. The first-order valence-electron chi connectivity index (χ1n) is 8.72. The van der Waals surface area contributed by atoms with Crippen molar-refractivity contribution in [3.63, 3.8) is 0 Å². The number of amides is 1. The van der Waals surface area contributed by atoms with Gasteiger partial charge in [-0.1, -0.05) is 37.3 Å². The number of nitrogens with one attached hydrogen (secondary N) is 1. The van der Waals surface area contributed by atoms with Crippen LogP contribution in [0.15, 0.2) is 42.5 Å². The maximum atomic E-state index is 12.4. The largest absolute Gasteiger partial charge is 0.493 e. The number of hydrogen-bond acceptors (Lipinski definition) is 4. The van der Waals surface area contributed by atoms with Gasteiger partial charge in [0.05, 0.1) is 26.0 Å². The maximum absolute atomic E-state index is 12.4. The third-order valence-electron chi connectivity index (χ3n) is 4.31. The molecule has 140 valence electrons. The van der Waals surface area contributed by atoms with Crippen LogP contribution in [-0.4, -0.2) is 25.9 Å². The predicted octanol–water partition coefficient (Wildman–Crippen LogP) is 4.51. The van der Waals surface area contributed by atoms with Crippen LogP contribution < -0.4 is 14.8 Å². The van der Waals surface area contributed by atoms with Crippen LogP contribution in [0, 0.1) is 6.92 Å². The average Bonchev–Trinajstić information content (AvgIpc) is 2.67. The molecule has 2 aromatic carbocycles. The van der Waals surface area contributed by atoms with Crippen molar-refractivity contribution >= 4 is 17.7 Å². The first-order valence-corrected chi connectivity index (χ1v) is 9.88. The fourth-order valence-corrected chi connectivity index (χ4v) is 3.67. The van der Waals surface area contributed by atoms with E-state index in [0.29, 0.717) is 17.3 Å². The van der Waals surface area contributed by atoms with Crippen molar-refractivity contribution in [2.75, 3.05) is 20.0 Å². The number of carbonyl (C=O) groups excluding carboxylic acids is 1. The molecule has 2 rings (SSSR count). The van der Waals surface area contributed by atoms with Crippen molar-refractivity contribution in [3.05, 3.63) is 59.2 Å². The summed E-state index contributed by atoms with van der Waals surface area (Å²) in [5.41, 5.74) is 3.55.